The summed E-state index contributed by atoms with van der Waals surface area (Å²) in [7, 11) is 1.51. The first-order valence-corrected chi connectivity index (χ1v) is 8.33. The average molecular weight is 357 g/mol. The zero-order valence-electron chi connectivity index (χ0n) is 14.7. The van der Waals surface area contributed by atoms with Gasteiger partial charge in [-0.05, 0) is 36.2 Å². The Morgan fingerprint density at radius 1 is 1.35 bits per heavy atom. The highest BCUT2D eigenvalue weighted by molar-refractivity contribution is 5.96. The van der Waals surface area contributed by atoms with Crippen molar-refractivity contribution in [2.24, 2.45) is 0 Å². The van der Waals surface area contributed by atoms with E-state index in [4.69, 9.17) is 4.74 Å². The lowest BCUT2D eigenvalue weighted by molar-refractivity contribution is -0.119. The lowest BCUT2D eigenvalue weighted by Crippen LogP contribution is -2.37. The maximum atomic E-state index is 14.2. The zero-order chi connectivity index (χ0) is 18.7. The minimum absolute atomic E-state index is 0.0650. The fourth-order valence-electron chi connectivity index (χ4n) is 3.18. The summed E-state index contributed by atoms with van der Waals surface area (Å²) in [5, 5.41) is 2.81. The number of amides is 2. The lowest BCUT2D eigenvalue weighted by Gasteiger charge is -2.18. The Morgan fingerprint density at radius 3 is 2.88 bits per heavy atom. The highest BCUT2D eigenvalue weighted by atomic mass is 19.1. The van der Waals surface area contributed by atoms with Gasteiger partial charge in [0.25, 0.3) is 5.91 Å². The van der Waals surface area contributed by atoms with E-state index in [0.29, 0.717) is 36.4 Å². The Hall–Kier alpha value is -2.96. The van der Waals surface area contributed by atoms with Crippen LogP contribution in [0.4, 0.5) is 4.39 Å². The van der Waals surface area contributed by atoms with Gasteiger partial charge in [0.15, 0.2) is 0 Å². The van der Waals surface area contributed by atoms with E-state index in [1.165, 1.54) is 26.2 Å². The molecule has 1 N–H and O–H groups in total. The first kappa shape index (κ1) is 17.8. The number of hydrogen-bond donors (Lipinski definition) is 1. The topological polar surface area (TPSA) is 71.5 Å². The summed E-state index contributed by atoms with van der Waals surface area (Å²) in [6.45, 7) is 2.39. The largest absolute Gasteiger partial charge is 0.494 e. The molecule has 1 fully saturated rings. The smallest absolute Gasteiger partial charge is 0.254 e. The van der Waals surface area contributed by atoms with Crippen LogP contribution < -0.4 is 10.1 Å². The number of pyridine rings is 1. The van der Waals surface area contributed by atoms with Crippen molar-refractivity contribution >= 4 is 11.8 Å². The van der Waals surface area contributed by atoms with Crippen LogP contribution >= 0.6 is 0 Å². The van der Waals surface area contributed by atoms with Crippen molar-refractivity contribution in [1.82, 2.24) is 15.2 Å². The molecule has 1 aliphatic heterocycles. The second-order valence-corrected chi connectivity index (χ2v) is 6.24. The second-order valence-electron chi connectivity index (χ2n) is 6.24. The molecule has 1 saturated heterocycles. The first-order valence-electron chi connectivity index (χ1n) is 8.33. The van der Waals surface area contributed by atoms with Gasteiger partial charge in [-0.3, -0.25) is 14.6 Å². The normalized spacial score (nSPS) is 16.4. The van der Waals surface area contributed by atoms with Gasteiger partial charge < -0.3 is 15.0 Å². The number of nitrogens with one attached hydrogen (secondary N) is 1. The fraction of sp³-hybridized carbons (Fsp3) is 0.316. The van der Waals surface area contributed by atoms with Gasteiger partial charge in [-0.2, -0.15) is 0 Å². The summed E-state index contributed by atoms with van der Waals surface area (Å²) < 4.78 is 19.4. The number of ether oxygens (including phenoxy) is 1. The standard InChI is InChI=1S/C19H20FN3O3/c1-12(24)22-16-4-6-23(11-16)19(25)14-7-13(8-15(20)9-14)17-3-5-21-10-18(17)26-2/h3,5,7-10,16H,4,6,11H2,1-2H3,(H,22,24). The number of aromatic nitrogens is 1. The number of carbonyl (C=O) groups excluding carboxylic acids is 2. The number of rotatable bonds is 4. The van der Waals surface area contributed by atoms with Crippen molar-refractivity contribution in [1.29, 1.82) is 0 Å². The third-order valence-electron chi connectivity index (χ3n) is 4.34. The van der Waals surface area contributed by atoms with Crippen LogP contribution in [0.3, 0.4) is 0 Å². The van der Waals surface area contributed by atoms with Crippen LogP contribution in [0.2, 0.25) is 0 Å². The molecule has 0 saturated carbocycles. The van der Waals surface area contributed by atoms with Crippen LogP contribution in [-0.2, 0) is 4.79 Å². The van der Waals surface area contributed by atoms with Crippen LogP contribution in [0.25, 0.3) is 11.1 Å². The van der Waals surface area contributed by atoms with Crippen molar-refractivity contribution in [3.05, 3.63) is 48.0 Å². The lowest BCUT2D eigenvalue weighted by atomic mass is 10.0. The molecular weight excluding hydrogens is 337 g/mol. The van der Waals surface area contributed by atoms with Gasteiger partial charge in [0.05, 0.1) is 13.3 Å². The van der Waals surface area contributed by atoms with Gasteiger partial charge in [0.2, 0.25) is 5.91 Å². The SMILES string of the molecule is COc1cnccc1-c1cc(F)cc(C(=O)N2CCC(NC(C)=O)C2)c1. The molecule has 1 aliphatic rings. The molecule has 2 heterocycles. The highest BCUT2D eigenvalue weighted by Crippen LogP contribution is 2.30. The Balaban J connectivity index is 1.86. The van der Waals surface area contributed by atoms with E-state index in [1.54, 1.807) is 29.4 Å². The maximum Gasteiger partial charge on any atom is 0.254 e. The van der Waals surface area contributed by atoms with Crippen LogP contribution in [-0.4, -0.2) is 47.9 Å². The molecule has 0 spiro atoms. The minimum atomic E-state index is -0.498. The predicted octanol–water partition coefficient (Wildman–Crippen LogP) is 2.25. The van der Waals surface area contributed by atoms with Gasteiger partial charge in [-0.15, -0.1) is 0 Å². The van der Waals surface area contributed by atoms with Crippen LogP contribution in [0.15, 0.2) is 36.7 Å². The summed E-state index contributed by atoms with van der Waals surface area (Å²) in [6.07, 6.45) is 3.81. The number of halogens is 1. The van der Waals surface area contributed by atoms with E-state index in [1.807, 2.05) is 0 Å². The molecule has 136 valence electrons. The van der Waals surface area contributed by atoms with Crippen molar-refractivity contribution < 1.29 is 18.7 Å². The van der Waals surface area contributed by atoms with Crippen molar-refractivity contribution in [3.63, 3.8) is 0 Å². The van der Waals surface area contributed by atoms with Gasteiger partial charge in [-0.1, -0.05) is 0 Å². The fourth-order valence-corrected chi connectivity index (χ4v) is 3.18. The molecule has 7 heteroatoms. The van der Waals surface area contributed by atoms with Crippen LogP contribution in [0, 0.1) is 5.82 Å². The maximum absolute atomic E-state index is 14.2. The number of nitrogens with zero attached hydrogens (tertiary/aromatic N) is 2. The van der Waals surface area contributed by atoms with E-state index in [-0.39, 0.29) is 23.4 Å². The van der Waals surface area contributed by atoms with Crippen molar-refractivity contribution in [2.75, 3.05) is 20.2 Å². The predicted molar refractivity (Wildman–Crippen MR) is 94.3 cm³/mol. The summed E-state index contributed by atoms with van der Waals surface area (Å²) >= 11 is 0. The Kier molecular flexibility index (Phi) is 5.16. The molecule has 1 unspecified atom stereocenters. The molecule has 3 rings (SSSR count). The van der Waals surface area contributed by atoms with E-state index >= 15 is 0 Å². The quantitative estimate of drug-likeness (QED) is 0.911. The molecule has 0 aliphatic carbocycles. The van der Waals surface area contributed by atoms with E-state index in [9.17, 15) is 14.0 Å². The molecule has 26 heavy (non-hydrogen) atoms. The Morgan fingerprint density at radius 2 is 2.15 bits per heavy atom. The molecule has 1 aromatic heterocycles. The molecular formula is C19H20FN3O3. The van der Waals surface area contributed by atoms with E-state index in [2.05, 4.69) is 10.3 Å². The summed E-state index contributed by atoms with van der Waals surface area (Å²) in [5.74, 6) is -0.375. The van der Waals surface area contributed by atoms with Gasteiger partial charge in [-0.25, -0.2) is 4.39 Å². The highest BCUT2D eigenvalue weighted by Gasteiger charge is 2.28. The third-order valence-corrected chi connectivity index (χ3v) is 4.34. The van der Waals surface area contributed by atoms with Crippen LogP contribution in [0.1, 0.15) is 23.7 Å². The van der Waals surface area contributed by atoms with Crippen molar-refractivity contribution in [2.45, 2.75) is 19.4 Å². The summed E-state index contributed by atoms with van der Waals surface area (Å²) in [4.78, 5) is 29.6. The average Bonchev–Trinajstić information content (AvgIpc) is 3.08. The van der Waals surface area contributed by atoms with Crippen LogP contribution in [0.5, 0.6) is 5.75 Å². The van der Waals surface area contributed by atoms with Gasteiger partial charge >= 0.3 is 0 Å². The third kappa shape index (κ3) is 3.82. The number of carbonyl (C=O) groups is 2. The molecule has 6 nitrogen and oxygen atoms in total. The number of benzene rings is 1. The number of likely N-dealkylation sites (tertiary alicyclic amines) is 1. The van der Waals surface area contributed by atoms with Gasteiger partial charge in [0, 0.05) is 43.4 Å². The zero-order valence-corrected chi connectivity index (χ0v) is 14.7. The van der Waals surface area contributed by atoms with E-state index in [0.717, 1.165) is 0 Å². The molecule has 2 aromatic rings. The molecule has 0 bridgehead atoms. The van der Waals surface area contributed by atoms with Crippen molar-refractivity contribution in [3.8, 4) is 16.9 Å². The number of hydrogen-bond acceptors (Lipinski definition) is 4. The summed E-state index contributed by atoms with van der Waals surface area (Å²) in [6, 6.07) is 5.88. The van der Waals surface area contributed by atoms with Gasteiger partial charge in [0.1, 0.15) is 11.6 Å². The second kappa shape index (κ2) is 7.51. The van der Waals surface area contributed by atoms with E-state index < -0.39 is 5.82 Å². The molecule has 1 aromatic carbocycles. The Bertz CT molecular complexity index is 841. The molecule has 2 amide bonds. The Labute approximate surface area is 151 Å². The molecule has 1 atom stereocenters. The first-order chi connectivity index (χ1) is 12.5. The number of methoxy groups -OCH3 is 1. The minimum Gasteiger partial charge on any atom is -0.494 e. The summed E-state index contributed by atoms with van der Waals surface area (Å²) in [5.41, 5.74) is 1.47. The molecule has 0 radical (unpaired) electrons. The monoisotopic (exact) mass is 357 g/mol.